The zero-order chi connectivity index (χ0) is 79.7. The van der Waals surface area contributed by atoms with Gasteiger partial charge >= 0.3 is 0 Å². The Morgan fingerprint density at radius 1 is 0.173 bits per heavy atom. The lowest BCUT2D eigenvalue weighted by atomic mass is 10.1. The monoisotopic (exact) mass is 1510 g/mol. The first-order valence-electron chi connectivity index (χ1n) is 37.8. The first-order valence-corrected chi connectivity index (χ1v) is 37.8. The summed E-state index contributed by atoms with van der Waals surface area (Å²) in [6.07, 6.45) is 13.9. The molecule has 10 rings (SSSR count). The number of phenolic OH excluding ortho intramolecular Hbond substituents is 15. The highest BCUT2D eigenvalue weighted by Gasteiger charge is 2.11. The van der Waals surface area contributed by atoms with Crippen LogP contribution in [-0.2, 0) is 64.2 Å². The van der Waals surface area contributed by atoms with Crippen molar-refractivity contribution in [2.24, 2.45) is 0 Å². The summed E-state index contributed by atoms with van der Waals surface area (Å²) in [5, 5.41) is 157. The fourth-order valence-corrected chi connectivity index (χ4v) is 11.7. The Balaban J connectivity index is 0.000000215. The smallest absolute Gasteiger partial charge is 0.157 e. The maximum atomic E-state index is 9.45. The molecular formula is C90H115N5O15. The molecular weight excluding hydrogens is 1390 g/mol. The largest absolute Gasteiger partial charge is 0.508 e. The maximum Gasteiger partial charge on any atom is 0.157 e. The van der Waals surface area contributed by atoms with Gasteiger partial charge in [-0.25, -0.2) is 0 Å². The number of phenols is 15. The third kappa shape index (κ3) is 35.4. The van der Waals surface area contributed by atoms with Crippen molar-refractivity contribution in [3.63, 3.8) is 0 Å². The molecule has 5 unspecified atom stereocenters. The molecule has 0 aliphatic carbocycles. The second-order valence-corrected chi connectivity index (χ2v) is 28.2. The number of aryl methyl sites for hydroxylation is 5. The van der Waals surface area contributed by atoms with Gasteiger partial charge in [0, 0.05) is 30.2 Å². The van der Waals surface area contributed by atoms with Crippen molar-refractivity contribution in [2.75, 3.05) is 32.7 Å². The van der Waals surface area contributed by atoms with Gasteiger partial charge in [-0.2, -0.15) is 0 Å². The van der Waals surface area contributed by atoms with Gasteiger partial charge in [0.25, 0.3) is 0 Å². The van der Waals surface area contributed by atoms with Crippen LogP contribution in [-0.4, -0.2) is 140 Å². The molecule has 0 spiro atoms. The van der Waals surface area contributed by atoms with Crippen LogP contribution in [0.3, 0.4) is 0 Å². The molecule has 20 nitrogen and oxygen atoms in total. The predicted octanol–water partition coefficient (Wildman–Crippen LogP) is 14.8. The molecule has 0 amide bonds. The molecule has 10 aromatic rings. The van der Waals surface area contributed by atoms with E-state index in [1.807, 2.05) is 91.0 Å². The van der Waals surface area contributed by atoms with Crippen LogP contribution in [0.15, 0.2) is 212 Å². The van der Waals surface area contributed by atoms with Crippen LogP contribution < -0.4 is 26.6 Å². The van der Waals surface area contributed by atoms with Gasteiger partial charge in [-0.05, 0) is 341 Å². The van der Waals surface area contributed by atoms with Gasteiger partial charge in [-0.1, -0.05) is 91.0 Å². The SMILES string of the molecule is CC(CCc1ccc(O)cc1)NCCc1ccc(O)c(O)c1.CC(CCc1ccc(O)cc1)NCCc1ccc(O)c(O)c1.CC(CCc1ccc(O)cc1)NCCc1ccc(O)c(O)c1.CC(CCc1ccc(O)cc1)NCCc1ccc(O)c(O)c1.CC(CCc1ccc(O)cc1)NCCc1ccc(O)c(O)c1. The quantitative estimate of drug-likeness (QED) is 0.0164. The molecule has 0 saturated carbocycles. The normalized spacial score (nSPS) is 12.2. The first kappa shape index (κ1) is 87.9. The molecule has 0 aliphatic rings. The fourth-order valence-electron chi connectivity index (χ4n) is 11.7. The lowest BCUT2D eigenvalue weighted by Gasteiger charge is -2.14. The zero-order valence-electron chi connectivity index (χ0n) is 63.9. The molecule has 10 aromatic carbocycles. The molecule has 0 saturated heterocycles. The molecule has 0 heterocycles. The van der Waals surface area contributed by atoms with Crippen LogP contribution in [0.5, 0.6) is 86.2 Å². The summed E-state index contributed by atoms with van der Waals surface area (Å²) in [4.78, 5) is 0. The van der Waals surface area contributed by atoms with E-state index in [2.05, 4.69) is 61.2 Å². The average Bonchev–Trinajstić information content (AvgIpc) is 0.900. The summed E-state index contributed by atoms with van der Waals surface area (Å²) >= 11 is 0. The molecule has 590 valence electrons. The fraction of sp³-hybridized carbons (Fsp3) is 0.333. The van der Waals surface area contributed by atoms with Gasteiger partial charge in [0.15, 0.2) is 57.5 Å². The first-order chi connectivity index (χ1) is 52.7. The molecule has 0 fully saturated rings. The van der Waals surface area contributed by atoms with Crippen LogP contribution in [0.25, 0.3) is 0 Å². The van der Waals surface area contributed by atoms with Gasteiger partial charge < -0.3 is 103 Å². The Kier molecular flexibility index (Phi) is 38.1. The second-order valence-electron chi connectivity index (χ2n) is 28.2. The number of benzene rings is 10. The van der Waals surface area contributed by atoms with Crippen molar-refractivity contribution in [3.05, 3.63) is 268 Å². The van der Waals surface area contributed by atoms with E-state index >= 15 is 0 Å². The molecule has 0 bridgehead atoms. The Hall–Kier alpha value is -11.0. The van der Waals surface area contributed by atoms with E-state index in [1.54, 1.807) is 91.0 Å². The third-order valence-corrected chi connectivity index (χ3v) is 18.7. The maximum absolute atomic E-state index is 9.45. The van der Waals surface area contributed by atoms with Gasteiger partial charge in [0.1, 0.15) is 28.7 Å². The molecule has 0 radical (unpaired) electrons. The van der Waals surface area contributed by atoms with Gasteiger partial charge in [0.05, 0.1) is 0 Å². The highest BCUT2D eigenvalue weighted by atomic mass is 16.3. The van der Waals surface area contributed by atoms with Gasteiger partial charge in [-0.15, -0.1) is 0 Å². The number of nitrogens with one attached hydrogen (secondary N) is 5. The number of aromatic hydroxyl groups is 15. The minimum Gasteiger partial charge on any atom is -0.508 e. The van der Waals surface area contributed by atoms with Crippen molar-refractivity contribution in [1.82, 2.24) is 26.6 Å². The van der Waals surface area contributed by atoms with E-state index in [4.69, 9.17) is 0 Å². The van der Waals surface area contributed by atoms with E-state index < -0.39 is 0 Å². The number of hydrogen-bond acceptors (Lipinski definition) is 20. The lowest BCUT2D eigenvalue weighted by Crippen LogP contribution is -2.28. The summed E-state index contributed by atoms with van der Waals surface area (Å²) in [6, 6.07) is 63.2. The average molecular weight is 1510 g/mol. The molecule has 5 atom stereocenters. The lowest BCUT2D eigenvalue weighted by molar-refractivity contribution is 0.403. The van der Waals surface area contributed by atoms with Crippen molar-refractivity contribution < 1.29 is 76.6 Å². The number of rotatable bonds is 35. The van der Waals surface area contributed by atoms with Crippen LogP contribution in [0.1, 0.15) is 122 Å². The Labute approximate surface area is 648 Å². The topological polar surface area (TPSA) is 364 Å². The highest BCUT2D eigenvalue weighted by Crippen LogP contribution is 2.30. The van der Waals surface area contributed by atoms with E-state index in [9.17, 15) is 76.6 Å². The Bertz CT molecular complexity index is 3610. The summed E-state index contributed by atoms with van der Waals surface area (Å²) in [5.41, 5.74) is 11.1. The standard InChI is InChI=1S/5C18H23NO3/c5*1-13(2-3-14-4-7-16(20)8-5-14)19-11-10-15-6-9-17(21)18(22)12-15/h5*4-9,12-13,19-22H,2-3,10-11H2,1H3. The van der Waals surface area contributed by atoms with E-state index in [0.29, 0.717) is 59.0 Å². The second kappa shape index (κ2) is 47.7. The summed E-state index contributed by atoms with van der Waals surface area (Å²) in [6.45, 7) is 14.8. The summed E-state index contributed by atoms with van der Waals surface area (Å²) in [7, 11) is 0. The van der Waals surface area contributed by atoms with Crippen LogP contribution in [0.2, 0.25) is 0 Å². The van der Waals surface area contributed by atoms with E-state index in [1.165, 1.54) is 58.1 Å². The molecule has 110 heavy (non-hydrogen) atoms. The molecule has 20 N–H and O–H groups in total. The van der Waals surface area contributed by atoms with Gasteiger partial charge in [0.2, 0.25) is 0 Å². The minimum absolute atomic E-state index is 0.0714. The Morgan fingerprint density at radius 3 is 0.445 bits per heavy atom. The van der Waals surface area contributed by atoms with Crippen molar-refractivity contribution in [1.29, 1.82) is 0 Å². The van der Waals surface area contributed by atoms with Crippen LogP contribution in [0.4, 0.5) is 0 Å². The third-order valence-electron chi connectivity index (χ3n) is 18.7. The zero-order valence-corrected chi connectivity index (χ0v) is 63.9. The van der Waals surface area contributed by atoms with Crippen LogP contribution in [0, 0.1) is 0 Å². The van der Waals surface area contributed by atoms with E-state index in [0.717, 1.165) is 157 Å². The molecule has 0 aromatic heterocycles. The summed E-state index contributed by atoms with van der Waals surface area (Å²) < 4.78 is 0. The van der Waals surface area contributed by atoms with Gasteiger partial charge in [-0.3, -0.25) is 0 Å². The minimum atomic E-state index is -0.0843. The van der Waals surface area contributed by atoms with Crippen LogP contribution >= 0.6 is 0 Å². The molecule has 20 heteroatoms. The van der Waals surface area contributed by atoms with Crippen molar-refractivity contribution in [2.45, 2.75) is 161 Å². The van der Waals surface area contributed by atoms with Crippen molar-refractivity contribution >= 4 is 0 Å². The number of hydrogen-bond donors (Lipinski definition) is 20. The Morgan fingerprint density at radius 2 is 0.309 bits per heavy atom. The van der Waals surface area contributed by atoms with Crippen molar-refractivity contribution in [3.8, 4) is 86.2 Å². The predicted molar refractivity (Wildman–Crippen MR) is 437 cm³/mol. The highest BCUT2D eigenvalue weighted by molar-refractivity contribution is 5.44. The van der Waals surface area contributed by atoms with E-state index in [-0.39, 0.29) is 57.5 Å². The molecule has 0 aliphatic heterocycles. The summed E-state index contributed by atoms with van der Waals surface area (Å²) in [5.74, 6) is 0.713.